The lowest BCUT2D eigenvalue weighted by Gasteiger charge is -2.24. The number of benzene rings is 1. The molecule has 6 heteroatoms. The third-order valence-corrected chi connectivity index (χ3v) is 4.41. The van der Waals surface area contributed by atoms with Gasteiger partial charge in [0.05, 0.1) is 0 Å². The lowest BCUT2D eigenvalue weighted by molar-refractivity contribution is 0.266. The van der Waals surface area contributed by atoms with Gasteiger partial charge in [0.25, 0.3) is 0 Å². The van der Waals surface area contributed by atoms with Crippen LogP contribution in [0.5, 0.6) is 0 Å². The largest absolute Gasteiger partial charge is 0.409 e. The minimum atomic E-state index is 0.147. The molecule has 1 aromatic rings. The van der Waals surface area contributed by atoms with Crippen LogP contribution in [0, 0.1) is 5.92 Å². The van der Waals surface area contributed by atoms with E-state index in [4.69, 9.17) is 10.9 Å². The molecule has 0 amide bonds. The highest BCUT2D eigenvalue weighted by molar-refractivity contribution is 9.10. The lowest BCUT2D eigenvalue weighted by atomic mass is 10.1. The van der Waals surface area contributed by atoms with E-state index in [0.717, 1.165) is 28.8 Å². The van der Waals surface area contributed by atoms with Gasteiger partial charge in [0.2, 0.25) is 0 Å². The van der Waals surface area contributed by atoms with Crippen LogP contribution in [0.25, 0.3) is 0 Å². The van der Waals surface area contributed by atoms with Crippen LogP contribution >= 0.6 is 15.9 Å². The van der Waals surface area contributed by atoms with Crippen LogP contribution in [0.1, 0.15) is 12.5 Å². The van der Waals surface area contributed by atoms with Gasteiger partial charge in [-0.2, -0.15) is 0 Å². The van der Waals surface area contributed by atoms with E-state index in [2.05, 4.69) is 51.9 Å². The van der Waals surface area contributed by atoms with Gasteiger partial charge >= 0.3 is 0 Å². The van der Waals surface area contributed by atoms with Crippen molar-refractivity contribution in [3.05, 3.63) is 28.2 Å². The Bertz CT molecular complexity index is 518. The molecule has 0 spiro atoms. The molecule has 1 aliphatic heterocycles. The van der Waals surface area contributed by atoms with Gasteiger partial charge < -0.3 is 20.7 Å². The van der Waals surface area contributed by atoms with Crippen LogP contribution in [0.2, 0.25) is 0 Å². The molecule has 0 aromatic heterocycles. The molecular formula is C14H21BrN4O. The van der Waals surface area contributed by atoms with E-state index >= 15 is 0 Å². The van der Waals surface area contributed by atoms with Crippen LogP contribution in [0.15, 0.2) is 27.8 Å². The van der Waals surface area contributed by atoms with Crippen LogP contribution in [0.4, 0.5) is 5.69 Å². The Labute approximate surface area is 128 Å². The Morgan fingerprint density at radius 3 is 2.70 bits per heavy atom. The summed E-state index contributed by atoms with van der Waals surface area (Å²) in [5.74, 6) is 0.720. The molecule has 2 atom stereocenters. The predicted octanol–water partition coefficient (Wildman–Crippen LogP) is 1.93. The van der Waals surface area contributed by atoms with Gasteiger partial charge in [-0.25, -0.2) is 0 Å². The first kappa shape index (κ1) is 15.1. The minimum absolute atomic E-state index is 0.147. The van der Waals surface area contributed by atoms with E-state index in [1.54, 1.807) is 0 Å². The van der Waals surface area contributed by atoms with E-state index in [9.17, 15) is 0 Å². The lowest BCUT2D eigenvalue weighted by Crippen LogP contribution is -2.34. The maximum Gasteiger partial charge on any atom is 0.172 e. The summed E-state index contributed by atoms with van der Waals surface area (Å²) in [4.78, 5) is 4.55. The molecule has 1 fully saturated rings. The first-order chi connectivity index (χ1) is 9.43. The van der Waals surface area contributed by atoms with Crippen molar-refractivity contribution in [3.63, 3.8) is 0 Å². The highest BCUT2D eigenvalue weighted by Gasteiger charge is 2.32. The summed E-state index contributed by atoms with van der Waals surface area (Å²) < 4.78 is 0.989. The molecular weight excluding hydrogens is 320 g/mol. The second-order valence-electron chi connectivity index (χ2n) is 5.56. The highest BCUT2D eigenvalue weighted by atomic mass is 79.9. The van der Waals surface area contributed by atoms with Crippen LogP contribution in [0.3, 0.4) is 0 Å². The van der Waals surface area contributed by atoms with Crippen LogP contribution in [-0.4, -0.2) is 49.2 Å². The quantitative estimate of drug-likeness (QED) is 0.382. The Hall–Kier alpha value is -1.27. The first-order valence-electron chi connectivity index (χ1n) is 6.63. The van der Waals surface area contributed by atoms with Gasteiger partial charge in [-0.15, -0.1) is 0 Å². The standard InChI is InChI=1S/C14H21BrN4O/c1-9-7-19(8-13(9)18(2)3)12-6-10(15)4-5-11(12)14(16)17-20/h4-6,9,13,20H,7-8H2,1-3H3,(H2,16,17). The van der Waals surface area contributed by atoms with E-state index < -0.39 is 0 Å². The molecule has 110 valence electrons. The zero-order chi connectivity index (χ0) is 14.9. The summed E-state index contributed by atoms with van der Waals surface area (Å²) in [6.45, 7) is 4.16. The third-order valence-electron chi connectivity index (χ3n) is 3.92. The molecule has 2 rings (SSSR count). The number of hydrogen-bond acceptors (Lipinski definition) is 4. The molecule has 1 aliphatic rings. The van der Waals surface area contributed by atoms with E-state index in [1.807, 2.05) is 18.2 Å². The topological polar surface area (TPSA) is 65.1 Å². The number of halogens is 1. The van der Waals surface area contributed by atoms with Crippen molar-refractivity contribution in [2.75, 3.05) is 32.1 Å². The Kier molecular flexibility index (Phi) is 4.55. The second-order valence-corrected chi connectivity index (χ2v) is 6.48. The number of amidine groups is 1. The number of rotatable bonds is 3. The number of anilines is 1. The molecule has 1 heterocycles. The van der Waals surface area contributed by atoms with E-state index in [0.29, 0.717) is 12.0 Å². The van der Waals surface area contributed by atoms with Gasteiger partial charge in [-0.1, -0.05) is 28.0 Å². The molecule has 2 unspecified atom stereocenters. The van der Waals surface area contributed by atoms with Gasteiger partial charge in [-0.05, 0) is 38.2 Å². The van der Waals surface area contributed by atoms with Crippen LogP contribution in [-0.2, 0) is 0 Å². The maximum atomic E-state index is 8.94. The third kappa shape index (κ3) is 2.91. The normalized spacial score (nSPS) is 23.6. The van der Waals surface area contributed by atoms with Crippen LogP contribution < -0.4 is 10.6 Å². The Morgan fingerprint density at radius 1 is 1.45 bits per heavy atom. The summed E-state index contributed by atoms with van der Waals surface area (Å²) in [7, 11) is 4.21. The molecule has 0 bridgehead atoms. The number of nitrogens with zero attached hydrogens (tertiary/aromatic N) is 3. The zero-order valence-electron chi connectivity index (χ0n) is 12.0. The number of oxime groups is 1. The molecule has 3 N–H and O–H groups in total. The molecule has 5 nitrogen and oxygen atoms in total. The number of likely N-dealkylation sites (N-methyl/N-ethyl adjacent to an activating group) is 1. The molecule has 1 saturated heterocycles. The molecule has 0 radical (unpaired) electrons. The smallest absolute Gasteiger partial charge is 0.172 e. The fraction of sp³-hybridized carbons (Fsp3) is 0.500. The SMILES string of the molecule is CC1CN(c2cc(Br)ccc2/C(N)=N/O)CC1N(C)C. The average Bonchev–Trinajstić information content (AvgIpc) is 2.80. The fourth-order valence-corrected chi connectivity index (χ4v) is 3.20. The minimum Gasteiger partial charge on any atom is -0.409 e. The molecule has 0 saturated carbocycles. The van der Waals surface area contributed by atoms with E-state index in [1.165, 1.54) is 0 Å². The van der Waals surface area contributed by atoms with Gasteiger partial charge in [-0.3, -0.25) is 0 Å². The average molecular weight is 341 g/mol. The van der Waals surface area contributed by atoms with Crippen molar-refractivity contribution in [2.45, 2.75) is 13.0 Å². The van der Waals surface area contributed by atoms with Gasteiger partial charge in [0.1, 0.15) is 0 Å². The zero-order valence-corrected chi connectivity index (χ0v) is 13.6. The van der Waals surface area contributed by atoms with Crippen molar-refractivity contribution < 1.29 is 5.21 Å². The van der Waals surface area contributed by atoms with Crippen molar-refractivity contribution >= 4 is 27.5 Å². The number of hydrogen-bond donors (Lipinski definition) is 2. The summed E-state index contributed by atoms with van der Waals surface area (Å²) >= 11 is 3.49. The molecule has 0 aliphatic carbocycles. The Balaban J connectivity index is 2.36. The van der Waals surface area contributed by atoms with Gasteiger partial charge in [0.15, 0.2) is 5.84 Å². The summed E-state index contributed by atoms with van der Waals surface area (Å²) in [5.41, 5.74) is 7.56. The summed E-state index contributed by atoms with van der Waals surface area (Å²) in [6, 6.07) is 6.31. The maximum absolute atomic E-state index is 8.94. The van der Waals surface area contributed by atoms with Crippen molar-refractivity contribution in [1.82, 2.24) is 4.90 Å². The Morgan fingerprint density at radius 2 is 2.15 bits per heavy atom. The van der Waals surface area contributed by atoms with Crippen molar-refractivity contribution in [3.8, 4) is 0 Å². The van der Waals surface area contributed by atoms with Gasteiger partial charge in [0, 0.05) is 34.9 Å². The highest BCUT2D eigenvalue weighted by Crippen LogP contribution is 2.31. The monoisotopic (exact) mass is 340 g/mol. The van der Waals surface area contributed by atoms with Crippen molar-refractivity contribution in [1.29, 1.82) is 0 Å². The fourth-order valence-electron chi connectivity index (χ4n) is 2.86. The predicted molar refractivity (Wildman–Crippen MR) is 85.5 cm³/mol. The molecule has 20 heavy (non-hydrogen) atoms. The number of nitrogens with two attached hydrogens (primary N) is 1. The van der Waals surface area contributed by atoms with Crippen molar-refractivity contribution in [2.24, 2.45) is 16.8 Å². The second kappa shape index (κ2) is 6.01. The molecule has 1 aromatic carbocycles. The van der Waals surface area contributed by atoms with E-state index in [-0.39, 0.29) is 5.84 Å². The summed E-state index contributed by atoms with van der Waals surface area (Å²) in [5, 5.41) is 12.1. The first-order valence-corrected chi connectivity index (χ1v) is 7.42. The summed E-state index contributed by atoms with van der Waals surface area (Å²) in [6.07, 6.45) is 0.